The lowest BCUT2D eigenvalue weighted by molar-refractivity contribution is 0.903. The van der Waals surface area contributed by atoms with Crippen molar-refractivity contribution >= 4 is 17.6 Å². The normalized spacial score (nSPS) is 13.8. The summed E-state index contributed by atoms with van der Waals surface area (Å²) < 4.78 is 1.89. The number of rotatable bonds is 2. The lowest BCUT2D eigenvalue weighted by atomic mass is 10.2. The van der Waals surface area contributed by atoms with Crippen molar-refractivity contribution in [1.29, 1.82) is 0 Å². The molecule has 2 aromatic heterocycles. The van der Waals surface area contributed by atoms with Crippen LogP contribution >= 0.6 is 11.8 Å². The van der Waals surface area contributed by atoms with E-state index < -0.39 is 0 Å². The second-order valence-electron chi connectivity index (χ2n) is 3.85. The van der Waals surface area contributed by atoms with E-state index in [2.05, 4.69) is 20.4 Å². The molecule has 0 bridgehead atoms. The lowest BCUT2D eigenvalue weighted by Gasteiger charge is -2.08. The molecule has 0 aliphatic carbocycles. The predicted molar refractivity (Wildman–Crippen MR) is 67.0 cm³/mol. The largest absolute Gasteiger partial charge is 0.331 e. The molecule has 0 amide bonds. The third-order valence-corrected chi connectivity index (χ3v) is 3.73. The second-order valence-corrected chi connectivity index (χ2v) is 4.83. The first-order chi connectivity index (χ1) is 8.29. The van der Waals surface area contributed by atoms with Gasteiger partial charge >= 0.3 is 0 Å². The van der Waals surface area contributed by atoms with E-state index in [1.54, 1.807) is 12.5 Å². The smallest absolute Gasteiger partial charge is 0.180 e. The number of aromatic nitrogens is 4. The number of nitrogens with one attached hydrogen (secondary N) is 1. The fraction of sp³-hybridized carbons (Fsp3) is 0.300. The summed E-state index contributed by atoms with van der Waals surface area (Å²) in [5.41, 5.74) is 5.72. The molecule has 0 saturated heterocycles. The average molecular weight is 248 g/mol. The molecule has 6 nitrogen and oxygen atoms in total. The van der Waals surface area contributed by atoms with E-state index in [-0.39, 0.29) is 0 Å². The molecule has 3 rings (SSSR count). The Labute approximate surface area is 103 Å². The SMILES string of the molecule is Cn1cncc1-c1nc2c(c(NN)n1)CSC2. The van der Waals surface area contributed by atoms with Crippen molar-refractivity contribution in [3.8, 4) is 11.5 Å². The quantitative estimate of drug-likeness (QED) is 0.607. The van der Waals surface area contributed by atoms with Crippen LogP contribution in [0.5, 0.6) is 0 Å². The van der Waals surface area contributed by atoms with Gasteiger partial charge in [0.15, 0.2) is 5.82 Å². The standard InChI is InChI=1S/C10H12N6S/c1-16-5-12-2-8(16)10-13-7-4-17-3-6(7)9(14-10)15-11/h2,5H,3-4,11H2,1H3,(H,13,14,15). The summed E-state index contributed by atoms with van der Waals surface area (Å²) in [6, 6.07) is 0. The molecular weight excluding hydrogens is 236 g/mol. The fourth-order valence-corrected chi connectivity index (χ4v) is 2.90. The van der Waals surface area contributed by atoms with Gasteiger partial charge in [0, 0.05) is 24.1 Å². The Morgan fingerprint density at radius 1 is 1.41 bits per heavy atom. The molecule has 1 aliphatic heterocycles. The summed E-state index contributed by atoms with van der Waals surface area (Å²) in [6.45, 7) is 0. The lowest BCUT2D eigenvalue weighted by Crippen LogP contribution is -2.13. The van der Waals surface area contributed by atoms with Crippen molar-refractivity contribution in [1.82, 2.24) is 19.5 Å². The zero-order valence-electron chi connectivity index (χ0n) is 9.34. The van der Waals surface area contributed by atoms with Crippen LogP contribution in [-0.4, -0.2) is 19.5 Å². The zero-order valence-corrected chi connectivity index (χ0v) is 10.2. The number of nitrogens with zero attached hydrogens (tertiary/aromatic N) is 4. The van der Waals surface area contributed by atoms with Crippen LogP contribution in [0, 0.1) is 0 Å². The van der Waals surface area contributed by atoms with Gasteiger partial charge in [-0.15, -0.1) is 0 Å². The summed E-state index contributed by atoms with van der Waals surface area (Å²) >= 11 is 1.82. The molecule has 0 unspecified atom stereocenters. The van der Waals surface area contributed by atoms with Gasteiger partial charge in [0.2, 0.25) is 0 Å². The van der Waals surface area contributed by atoms with Crippen molar-refractivity contribution in [2.45, 2.75) is 11.5 Å². The number of hydrogen-bond donors (Lipinski definition) is 2. The molecular formula is C10H12N6S. The first-order valence-electron chi connectivity index (χ1n) is 5.20. The molecule has 0 saturated carbocycles. The number of nitrogen functional groups attached to an aromatic ring is 1. The first kappa shape index (κ1) is 10.5. The summed E-state index contributed by atoms with van der Waals surface area (Å²) in [6.07, 6.45) is 3.49. The molecule has 0 fully saturated rings. The highest BCUT2D eigenvalue weighted by atomic mass is 32.2. The van der Waals surface area contributed by atoms with Crippen LogP contribution in [0.3, 0.4) is 0 Å². The Kier molecular flexibility index (Phi) is 2.49. The maximum Gasteiger partial charge on any atom is 0.180 e. The van der Waals surface area contributed by atoms with E-state index >= 15 is 0 Å². The third kappa shape index (κ3) is 1.67. The molecule has 0 radical (unpaired) electrons. The summed E-state index contributed by atoms with van der Waals surface area (Å²) in [7, 11) is 1.92. The zero-order chi connectivity index (χ0) is 11.8. The Morgan fingerprint density at radius 3 is 3.00 bits per heavy atom. The molecule has 0 atom stereocenters. The van der Waals surface area contributed by atoms with Crippen LogP contribution in [0.4, 0.5) is 5.82 Å². The molecule has 2 aromatic rings. The van der Waals surface area contributed by atoms with E-state index in [0.717, 1.165) is 34.3 Å². The molecule has 3 heterocycles. The molecule has 17 heavy (non-hydrogen) atoms. The van der Waals surface area contributed by atoms with E-state index in [9.17, 15) is 0 Å². The van der Waals surface area contributed by atoms with Crippen LogP contribution in [-0.2, 0) is 18.6 Å². The molecule has 88 valence electrons. The third-order valence-electron chi connectivity index (χ3n) is 2.76. The highest BCUT2D eigenvalue weighted by Crippen LogP contribution is 2.33. The second kappa shape index (κ2) is 4.01. The molecule has 7 heteroatoms. The first-order valence-corrected chi connectivity index (χ1v) is 6.36. The fourth-order valence-electron chi connectivity index (χ4n) is 1.86. The number of aryl methyl sites for hydroxylation is 1. The van der Waals surface area contributed by atoms with E-state index in [0.29, 0.717) is 5.82 Å². The summed E-state index contributed by atoms with van der Waals surface area (Å²) in [4.78, 5) is 13.1. The van der Waals surface area contributed by atoms with Gasteiger partial charge in [-0.2, -0.15) is 11.8 Å². The molecule has 0 spiro atoms. The number of hydrogen-bond acceptors (Lipinski definition) is 6. The summed E-state index contributed by atoms with van der Waals surface area (Å²) in [5.74, 6) is 8.73. The minimum Gasteiger partial charge on any atom is -0.331 e. The predicted octanol–water partition coefficient (Wildman–Crippen LogP) is 0.909. The maximum atomic E-state index is 5.51. The Bertz CT molecular complexity index is 564. The molecule has 1 aliphatic rings. The van der Waals surface area contributed by atoms with Gasteiger partial charge in [0.25, 0.3) is 0 Å². The topological polar surface area (TPSA) is 81.7 Å². The number of fused-ring (bicyclic) bond motifs is 1. The number of anilines is 1. The number of thioether (sulfide) groups is 1. The van der Waals surface area contributed by atoms with Gasteiger partial charge in [-0.25, -0.2) is 20.8 Å². The van der Waals surface area contributed by atoms with Gasteiger partial charge < -0.3 is 9.99 Å². The van der Waals surface area contributed by atoms with Crippen LogP contribution < -0.4 is 11.3 Å². The highest BCUT2D eigenvalue weighted by molar-refractivity contribution is 7.98. The minimum absolute atomic E-state index is 0.666. The van der Waals surface area contributed by atoms with E-state index in [1.807, 2.05) is 23.4 Å². The number of imidazole rings is 1. The number of hydrazine groups is 1. The minimum atomic E-state index is 0.666. The van der Waals surface area contributed by atoms with Crippen molar-refractivity contribution in [2.75, 3.05) is 5.43 Å². The monoisotopic (exact) mass is 248 g/mol. The van der Waals surface area contributed by atoms with E-state index in [1.165, 1.54) is 0 Å². The Morgan fingerprint density at radius 2 is 2.29 bits per heavy atom. The Hall–Kier alpha value is -1.60. The highest BCUT2D eigenvalue weighted by Gasteiger charge is 2.20. The van der Waals surface area contributed by atoms with Crippen LogP contribution in [0.15, 0.2) is 12.5 Å². The van der Waals surface area contributed by atoms with E-state index in [4.69, 9.17) is 5.84 Å². The number of nitrogens with two attached hydrogens (primary N) is 1. The molecule has 3 N–H and O–H groups in total. The average Bonchev–Trinajstić information content (AvgIpc) is 2.95. The van der Waals surface area contributed by atoms with Crippen molar-refractivity contribution in [3.05, 3.63) is 23.8 Å². The summed E-state index contributed by atoms with van der Waals surface area (Å²) in [5, 5.41) is 0. The maximum absolute atomic E-state index is 5.51. The van der Waals surface area contributed by atoms with Gasteiger partial charge in [-0.3, -0.25) is 0 Å². The Balaban J connectivity index is 2.16. The van der Waals surface area contributed by atoms with Crippen LogP contribution in [0.25, 0.3) is 11.5 Å². The van der Waals surface area contributed by atoms with Gasteiger partial charge in [-0.05, 0) is 0 Å². The van der Waals surface area contributed by atoms with Gasteiger partial charge in [0.05, 0.1) is 18.2 Å². The van der Waals surface area contributed by atoms with Gasteiger partial charge in [0.1, 0.15) is 11.5 Å². The van der Waals surface area contributed by atoms with Gasteiger partial charge in [-0.1, -0.05) is 0 Å². The van der Waals surface area contributed by atoms with Crippen molar-refractivity contribution < 1.29 is 0 Å². The van der Waals surface area contributed by atoms with Crippen LogP contribution in [0.2, 0.25) is 0 Å². The van der Waals surface area contributed by atoms with Crippen molar-refractivity contribution in [2.24, 2.45) is 12.9 Å². The van der Waals surface area contributed by atoms with Crippen LogP contribution in [0.1, 0.15) is 11.3 Å². The molecule has 0 aromatic carbocycles. The van der Waals surface area contributed by atoms with Crippen molar-refractivity contribution in [3.63, 3.8) is 0 Å².